The maximum Gasteiger partial charge on any atom is 0.402 e. The molecule has 0 aliphatic carbocycles. The Morgan fingerprint density at radius 1 is 1.48 bits per heavy atom. The Hall–Kier alpha value is -0.950. The van der Waals surface area contributed by atoms with E-state index in [0.717, 1.165) is 6.07 Å². The standard InChI is InChI=1S/C9H12BrF3N4O3S/c10-6-3-7(8(16-14)15-4-6)21(19,20)17(1-2-18)5-9(11,12)13/h3-4,18H,1-2,5,14H2,(H,15,16). The van der Waals surface area contributed by atoms with Crippen LogP contribution < -0.4 is 11.3 Å². The Bertz CT molecular complexity index is 596. The summed E-state index contributed by atoms with van der Waals surface area (Å²) >= 11 is 2.98. The second-order valence-electron chi connectivity index (χ2n) is 3.82. The van der Waals surface area contributed by atoms with Crippen LogP contribution in [-0.2, 0) is 10.0 Å². The number of anilines is 1. The maximum absolute atomic E-state index is 12.5. The first-order chi connectivity index (χ1) is 9.61. The lowest BCUT2D eigenvalue weighted by Crippen LogP contribution is -2.41. The molecule has 0 atom stereocenters. The van der Waals surface area contributed by atoms with Crippen LogP contribution in [0, 0.1) is 0 Å². The molecule has 0 amide bonds. The number of alkyl halides is 3. The number of hydrogen-bond donors (Lipinski definition) is 3. The lowest BCUT2D eigenvalue weighted by Gasteiger charge is -2.23. The third-order valence-electron chi connectivity index (χ3n) is 2.28. The molecule has 0 spiro atoms. The van der Waals surface area contributed by atoms with Gasteiger partial charge in [0.25, 0.3) is 0 Å². The number of pyridine rings is 1. The number of sulfonamides is 1. The van der Waals surface area contributed by atoms with Gasteiger partial charge in [-0.15, -0.1) is 0 Å². The van der Waals surface area contributed by atoms with Gasteiger partial charge in [-0.2, -0.15) is 17.5 Å². The summed E-state index contributed by atoms with van der Waals surface area (Å²) in [5.74, 6) is 4.81. The number of nitrogens with zero attached hydrogens (tertiary/aromatic N) is 2. The van der Waals surface area contributed by atoms with Crippen LogP contribution in [-0.4, -0.2) is 48.7 Å². The molecule has 0 radical (unpaired) electrons. The minimum atomic E-state index is -4.75. The monoisotopic (exact) mass is 392 g/mol. The Morgan fingerprint density at radius 2 is 2.10 bits per heavy atom. The fourth-order valence-corrected chi connectivity index (χ4v) is 3.49. The van der Waals surface area contributed by atoms with Gasteiger partial charge in [0.15, 0.2) is 5.82 Å². The van der Waals surface area contributed by atoms with Crippen molar-refractivity contribution in [3.63, 3.8) is 0 Å². The first-order valence-electron chi connectivity index (χ1n) is 5.41. The molecule has 1 aromatic rings. The number of hydrazine groups is 1. The van der Waals surface area contributed by atoms with E-state index in [-0.39, 0.29) is 14.6 Å². The van der Waals surface area contributed by atoms with Crippen molar-refractivity contribution in [2.24, 2.45) is 5.84 Å². The lowest BCUT2D eigenvalue weighted by atomic mass is 10.5. The molecular formula is C9H12BrF3N4O3S. The number of aliphatic hydroxyl groups is 1. The van der Waals surface area contributed by atoms with E-state index in [1.807, 2.05) is 5.43 Å². The quantitative estimate of drug-likeness (QED) is 0.485. The summed E-state index contributed by atoms with van der Waals surface area (Å²) in [6.07, 6.45) is -3.52. The topological polar surface area (TPSA) is 109 Å². The Balaban J connectivity index is 3.32. The molecule has 12 heteroatoms. The Labute approximate surface area is 127 Å². The van der Waals surface area contributed by atoms with Gasteiger partial charge in [0, 0.05) is 17.2 Å². The zero-order chi connectivity index (χ0) is 16.3. The van der Waals surface area contributed by atoms with Crippen molar-refractivity contribution in [2.45, 2.75) is 11.1 Å². The number of nitrogens with one attached hydrogen (secondary N) is 1. The van der Waals surface area contributed by atoms with E-state index < -0.39 is 40.8 Å². The third-order valence-corrected chi connectivity index (χ3v) is 4.57. The van der Waals surface area contributed by atoms with Crippen molar-refractivity contribution in [3.05, 3.63) is 16.7 Å². The molecule has 0 aliphatic rings. The number of nitrogens with two attached hydrogens (primary N) is 1. The number of rotatable bonds is 6. The van der Waals surface area contributed by atoms with Gasteiger partial charge in [-0.05, 0) is 22.0 Å². The van der Waals surface area contributed by atoms with Crippen molar-refractivity contribution in [2.75, 3.05) is 25.1 Å². The summed E-state index contributed by atoms with van der Waals surface area (Å²) < 4.78 is 62.4. The summed E-state index contributed by atoms with van der Waals surface area (Å²) in [6.45, 7) is -3.20. The van der Waals surface area contributed by atoms with Gasteiger partial charge in [-0.1, -0.05) is 0 Å². The molecule has 7 nitrogen and oxygen atoms in total. The zero-order valence-corrected chi connectivity index (χ0v) is 12.8. The smallest absolute Gasteiger partial charge is 0.395 e. The molecule has 120 valence electrons. The SMILES string of the molecule is NNc1ncc(Br)cc1S(=O)(=O)N(CCO)CC(F)(F)F. The molecule has 0 saturated heterocycles. The molecule has 1 rings (SSSR count). The summed E-state index contributed by atoms with van der Waals surface area (Å²) in [7, 11) is -4.54. The van der Waals surface area contributed by atoms with E-state index in [2.05, 4.69) is 20.9 Å². The maximum atomic E-state index is 12.5. The minimum Gasteiger partial charge on any atom is -0.395 e. The van der Waals surface area contributed by atoms with Crippen molar-refractivity contribution in [1.82, 2.24) is 9.29 Å². The molecule has 0 fully saturated rings. The van der Waals surface area contributed by atoms with E-state index in [1.165, 1.54) is 6.20 Å². The van der Waals surface area contributed by atoms with E-state index in [1.54, 1.807) is 0 Å². The third kappa shape index (κ3) is 4.78. The fourth-order valence-electron chi connectivity index (χ4n) is 1.46. The molecule has 4 N–H and O–H groups in total. The summed E-state index contributed by atoms with van der Waals surface area (Å²) in [6, 6.07) is 1.07. The number of halogens is 4. The second kappa shape index (κ2) is 6.87. The number of hydrogen-bond acceptors (Lipinski definition) is 6. The number of aromatic nitrogens is 1. The van der Waals surface area contributed by atoms with Crippen LogP contribution in [0.15, 0.2) is 21.6 Å². The minimum absolute atomic E-state index is 0.108. The van der Waals surface area contributed by atoms with Crippen molar-refractivity contribution in [1.29, 1.82) is 0 Å². The van der Waals surface area contributed by atoms with Gasteiger partial charge in [0.2, 0.25) is 10.0 Å². The van der Waals surface area contributed by atoms with E-state index >= 15 is 0 Å². The highest BCUT2D eigenvalue weighted by Crippen LogP contribution is 2.27. The van der Waals surface area contributed by atoms with Crippen LogP contribution in [0.5, 0.6) is 0 Å². The van der Waals surface area contributed by atoms with Crippen LogP contribution in [0.2, 0.25) is 0 Å². The summed E-state index contributed by atoms with van der Waals surface area (Å²) in [5, 5.41) is 8.79. The lowest BCUT2D eigenvalue weighted by molar-refractivity contribution is -0.136. The average molecular weight is 393 g/mol. The van der Waals surface area contributed by atoms with Crippen molar-refractivity contribution < 1.29 is 26.7 Å². The van der Waals surface area contributed by atoms with E-state index in [9.17, 15) is 21.6 Å². The van der Waals surface area contributed by atoms with Gasteiger partial charge in [-0.25, -0.2) is 19.2 Å². The van der Waals surface area contributed by atoms with Gasteiger partial charge in [-0.3, -0.25) is 0 Å². The molecular weight excluding hydrogens is 381 g/mol. The van der Waals surface area contributed by atoms with Crippen LogP contribution in [0.1, 0.15) is 0 Å². The Morgan fingerprint density at radius 3 is 2.57 bits per heavy atom. The molecule has 1 aromatic heterocycles. The van der Waals surface area contributed by atoms with Crippen molar-refractivity contribution in [3.8, 4) is 0 Å². The number of nitrogen functional groups attached to an aromatic ring is 1. The first-order valence-corrected chi connectivity index (χ1v) is 7.65. The molecule has 0 aliphatic heterocycles. The van der Waals surface area contributed by atoms with Crippen molar-refractivity contribution >= 4 is 31.8 Å². The predicted octanol–water partition coefficient (Wildman–Crippen LogP) is 0.675. The van der Waals surface area contributed by atoms with Crippen LogP contribution in [0.25, 0.3) is 0 Å². The molecule has 0 aromatic carbocycles. The zero-order valence-electron chi connectivity index (χ0n) is 10.4. The van der Waals surface area contributed by atoms with Crippen LogP contribution >= 0.6 is 15.9 Å². The predicted molar refractivity (Wildman–Crippen MR) is 71.6 cm³/mol. The van der Waals surface area contributed by atoms with Gasteiger partial charge in [0.05, 0.1) is 6.61 Å². The highest BCUT2D eigenvalue weighted by molar-refractivity contribution is 9.10. The molecule has 21 heavy (non-hydrogen) atoms. The normalized spacial score (nSPS) is 12.7. The summed E-state index contributed by atoms with van der Waals surface area (Å²) in [4.78, 5) is 3.14. The van der Waals surface area contributed by atoms with Crippen LogP contribution in [0.4, 0.5) is 19.0 Å². The summed E-state index contributed by atoms with van der Waals surface area (Å²) in [5.41, 5.74) is 2.01. The highest BCUT2D eigenvalue weighted by Gasteiger charge is 2.38. The van der Waals surface area contributed by atoms with Gasteiger partial charge < -0.3 is 10.5 Å². The molecule has 0 saturated carbocycles. The molecule has 1 heterocycles. The second-order valence-corrected chi connectivity index (χ2v) is 6.64. The van der Waals surface area contributed by atoms with Crippen LogP contribution in [0.3, 0.4) is 0 Å². The highest BCUT2D eigenvalue weighted by atomic mass is 79.9. The first kappa shape index (κ1) is 18.1. The van der Waals surface area contributed by atoms with E-state index in [4.69, 9.17) is 10.9 Å². The van der Waals surface area contributed by atoms with Gasteiger partial charge >= 0.3 is 6.18 Å². The average Bonchev–Trinajstić information content (AvgIpc) is 2.36. The molecule has 0 unspecified atom stereocenters. The Kier molecular flexibility index (Phi) is 5.92. The fraction of sp³-hybridized carbons (Fsp3) is 0.444. The molecule has 0 bridgehead atoms. The number of aliphatic hydroxyl groups excluding tert-OH is 1. The van der Waals surface area contributed by atoms with Gasteiger partial charge in [0.1, 0.15) is 11.4 Å². The van der Waals surface area contributed by atoms with E-state index in [0.29, 0.717) is 0 Å². The largest absolute Gasteiger partial charge is 0.402 e.